The fourth-order valence-corrected chi connectivity index (χ4v) is 9.02. The first-order valence-electron chi connectivity index (χ1n) is 20.0. The van der Waals surface area contributed by atoms with Gasteiger partial charge in [-0.05, 0) is 103 Å². The summed E-state index contributed by atoms with van der Waals surface area (Å²) in [4.78, 5) is 19.1. The molecule has 10 nitrogen and oxygen atoms in total. The quantitative estimate of drug-likeness (QED) is 0.0767. The Bertz CT molecular complexity index is 2210. The van der Waals surface area contributed by atoms with Gasteiger partial charge < -0.3 is 28.8 Å². The van der Waals surface area contributed by atoms with Gasteiger partial charge in [-0.1, -0.05) is 54.1 Å². The molecule has 0 radical (unpaired) electrons. The van der Waals surface area contributed by atoms with E-state index in [4.69, 9.17) is 30.9 Å². The van der Waals surface area contributed by atoms with Crippen LogP contribution >= 0.6 is 11.6 Å². The highest BCUT2D eigenvalue weighted by Gasteiger charge is 2.42. The average Bonchev–Trinajstić information content (AvgIpc) is 3.84. The number of aromatic nitrogens is 3. The van der Waals surface area contributed by atoms with Crippen LogP contribution in [0.15, 0.2) is 54.6 Å². The molecule has 0 bridgehead atoms. The van der Waals surface area contributed by atoms with Gasteiger partial charge >= 0.3 is 5.97 Å². The van der Waals surface area contributed by atoms with Gasteiger partial charge in [0, 0.05) is 73.9 Å². The smallest absolute Gasteiger partial charge is 0.355 e. The monoisotopic (exact) mass is 783 g/mol. The van der Waals surface area contributed by atoms with Crippen molar-refractivity contribution in [1.29, 1.82) is 0 Å². The van der Waals surface area contributed by atoms with Crippen LogP contribution in [0.5, 0.6) is 5.75 Å². The SMILES string of the molecule is Cc1nn(C)c(C)c1-c1c(Cl)ccc2c(CCCOc3cccc4ccccc34)c(C(=O)OC(C)(C)C)n(CCN3C[C@@H]4CN(C(O)OC(C)(C)C)C[C@@H]4C3)c12. The second-order valence-corrected chi connectivity index (χ2v) is 18.1. The number of aliphatic hydroxyl groups excluding tert-OH is 1. The highest BCUT2D eigenvalue weighted by molar-refractivity contribution is 6.35. The van der Waals surface area contributed by atoms with E-state index in [1.807, 2.05) is 90.5 Å². The van der Waals surface area contributed by atoms with Crippen LogP contribution in [-0.4, -0.2) is 92.2 Å². The van der Waals surface area contributed by atoms with Crippen molar-refractivity contribution >= 4 is 39.2 Å². The summed E-state index contributed by atoms with van der Waals surface area (Å²) in [5.41, 5.74) is 5.07. The maximum absolute atomic E-state index is 14.5. The van der Waals surface area contributed by atoms with Crippen LogP contribution in [-0.2, 0) is 29.5 Å². The molecule has 2 aliphatic heterocycles. The summed E-state index contributed by atoms with van der Waals surface area (Å²) >= 11 is 7.19. The molecule has 2 saturated heterocycles. The molecule has 2 aromatic heterocycles. The number of rotatable bonds is 12. The number of benzene rings is 3. The number of hydrogen-bond donors (Lipinski definition) is 1. The van der Waals surface area contributed by atoms with Crippen molar-refractivity contribution in [1.82, 2.24) is 24.1 Å². The Balaban J connectivity index is 1.23. The lowest BCUT2D eigenvalue weighted by Crippen LogP contribution is -2.42. The zero-order valence-corrected chi connectivity index (χ0v) is 35.2. The molecule has 4 heterocycles. The van der Waals surface area contributed by atoms with Crippen molar-refractivity contribution in [2.45, 2.75) is 92.4 Å². The topological polar surface area (TPSA) is 94.2 Å². The predicted molar refractivity (Wildman–Crippen MR) is 223 cm³/mol. The fourth-order valence-electron chi connectivity index (χ4n) is 8.78. The van der Waals surface area contributed by atoms with Gasteiger partial charge in [0.1, 0.15) is 17.0 Å². The number of hydrogen-bond acceptors (Lipinski definition) is 8. The third-order valence-corrected chi connectivity index (χ3v) is 11.5. The van der Waals surface area contributed by atoms with E-state index in [0.717, 1.165) is 88.2 Å². The third-order valence-electron chi connectivity index (χ3n) is 11.2. The van der Waals surface area contributed by atoms with Crippen LogP contribution < -0.4 is 4.74 Å². The molecule has 56 heavy (non-hydrogen) atoms. The van der Waals surface area contributed by atoms with E-state index in [-0.39, 0.29) is 5.97 Å². The summed E-state index contributed by atoms with van der Waals surface area (Å²) < 4.78 is 22.5. The van der Waals surface area contributed by atoms with Gasteiger partial charge in [0.25, 0.3) is 0 Å². The van der Waals surface area contributed by atoms with Crippen LogP contribution in [0.3, 0.4) is 0 Å². The van der Waals surface area contributed by atoms with E-state index in [2.05, 4.69) is 45.6 Å². The van der Waals surface area contributed by atoms with Gasteiger partial charge in [-0.2, -0.15) is 5.10 Å². The van der Waals surface area contributed by atoms with Crippen LogP contribution in [0.25, 0.3) is 32.8 Å². The molecule has 2 aliphatic rings. The van der Waals surface area contributed by atoms with E-state index >= 15 is 0 Å². The lowest BCUT2D eigenvalue weighted by molar-refractivity contribution is -0.235. The molecule has 5 aromatic rings. The zero-order valence-electron chi connectivity index (χ0n) is 34.5. The number of likely N-dealkylation sites (tertiary alicyclic amines) is 2. The number of carbonyl (C=O) groups is 1. The normalized spacial score (nSPS) is 18.6. The largest absolute Gasteiger partial charge is 0.493 e. The highest BCUT2D eigenvalue weighted by Crippen LogP contribution is 2.43. The minimum absolute atomic E-state index is 0.345. The summed E-state index contributed by atoms with van der Waals surface area (Å²) in [5.74, 6) is 1.37. The molecular weight excluding hydrogens is 726 g/mol. The lowest BCUT2D eigenvalue weighted by atomic mass is 9.98. The Hall–Kier alpha value is -3.93. The Labute approximate surface area is 336 Å². The van der Waals surface area contributed by atoms with Crippen molar-refractivity contribution in [3.05, 3.63) is 82.3 Å². The number of nitrogens with zero attached hydrogens (tertiary/aromatic N) is 5. The third kappa shape index (κ3) is 8.36. The van der Waals surface area contributed by atoms with E-state index in [1.165, 1.54) is 0 Å². The molecule has 0 saturated carbocycles. The van der Waals surface area contributed by atoms with Crippen molar-refractivity contribution in [2.75, 3.05) is 39.3 Å². The maximum Gasteiger partial charge on any atom is 0.355 e. The molecule has 300 valence electrons. The zero-order chi connectivity index (χ0) is 40.1. The summed E-state index contributed by atoms with van der Waals surface area (Å²) in [7, 11) is 1.95. The maximum atomic E-state index is 14.5. The Morgan fingerprint density at radius 2 is 1.59 bits per heavy atom. The summed E-state index contributed by atoms with van der Waals surface area (Å²) in [6.45, 7) is 20.9. The molecule has 3 aromatic carbocycles. The number of esters is 1. The fraction of sp³-hybridized carbons (Fsp3) is 0.511. The van der Waals surface area contributed by atoms with Gasteiger partial charge in [-0.25, -0.2) is 4.79 Å². The Morgan fingerprint density at radius 3 is 2.25 bits per heavy atom. The van der Waals surface area contributed by atoms with E-state index in [1.54, 1.807) is 0 Å². The molecule has 11 heteroatoms. The number of aryl methyl sites for hydroxylation is 3. The van der Waals surface area contributed by atoms with Crippen molar-refractivity contribution in [3.63, 3.8) is 0 Å². The molecular formula is C45H58ClN5O5. The Morgan fingerprint density at radius 1 is 0.893 bits per heavy atom. The van der Waals surface area contributed by atoms with E-state index in [0.29, 0.717) is 48.5 Å². The average molecular weight is 784 g/mol. The molecule has 0 amide bonds. The molecule has 1 unspecified atom stereocenters. The second-order valence-electron chi connectivity index (χ2n) is 17.7. The number of carbonyl (C=O) groups excluding carboxylic acids is 1. The van der Waals surface area contributed by atoms with E-state index in [9.17, 15) is 9.90 Å². The second kappa shape index (κ2) is 15.8. The van der Waals surface area contributed by atoms with Crippen LogP contribution in [0, 0.1) is 25.7 Å². The Kier molecular flexibility index (Phi) is 11.3. The van der Waals surface area contributed by atoms with Gasteiger partial charge in [-0.15, -0.1) is 0 Å². The van der Waals surface area contributed by atoms with Gasteiger partial charge in [0.15, 0.2) is 0 Å². The molecule has 0 spiro atoms. The first kappa shape index (κ1) is 40.3. The first-order chi connectivity index (χ1) is 26.5. The summed E-state index contributed by atoms with van der Waals surface area (Å²) in [6, 6.07) is 18.4. The van der Waals surface area contributed by atoms with Crippen molar-refractivity contribution in [3.8, 4) is 16.9 Å². The molecule has 0 aliphatic carbocycles. The number of halogens is 1. The molecule has 2 fully saturated rings. The van der Waals surface area contributed by atoms with Crippen molar-refractivity contribution in [2.24, 2.45) is 18.9 Å². The van der Waals surface area contributed by atoms with Gasteiger partial charge in [-0.3, -0.25) is 9.58 Å². The van der Waals surface area contributed by atoms with Crippen LogP contribution in [0.4, 0.5) is 0 Å². The number of ether oxygens (including phenoxy) is 3. The van der Waals surface area contributed by atoms with Crippen LogP contribution in [0.1, 0.15) is 75.4 Å². The molecule has 1 N–H and O–H groups in total. The van der Waals surface area contributed by atoms with Crippen molar-refractivity contribution < 1.29 is 24.1 Å². The predicted octanol–water partition coefficient (Wildman–Crippen LogP) is 8.39. The molecule has 3 atom stereocenters. The minimum Gasteiger partial charge on any atom is -0.493 e. The van der Waals surface area contributed by atoms with Crippen LogP contribution in [0.2, 0.25) is 5.02 Å². The highest BCUT2D eigenvalue weighted by atomic mass is 35.5. The number of aliphatic hydroxyl groups is 1. The minimum atomic E-state index is -0.907. The van der Waals surface area contributed by atoms with Gasteiger partial charge in [0.05, 0.1) is 28.4 Å². The molecule has 7 rings (SSSR count). The lowest BCUT2D eigenvalue weighted by Gasteiger charge is -2.31. The first-order valence-corrected chi connectivity index (χ1v) is 20.4. The standard InChI is InChI=1S/C45H58ClN5O5/c1-28-38(29(2)48(9)47-28)39-36(46)20-19-35-34(17-13-23-54-37-18-12-15-30-14-10-11-16-33(30)37)41(42(52)55-44(3,4)5)51(40(35)39)22-21-49-24-31-26-50(27-32(31)25-49)43(53)56-45(6,7)8/h10-12,14-16,18-20,31-32,43,53H,13,17,21-27H2,1-9H3/t31-,32+,43?. The number of fused-ring (bicyclic) bond motifs is 3. The van der Waals surface area contributed by atoms with E-state index < -0.39 is 17.6 Å². The van der Waals surface area contributed by atoms with Gasteiger partial charge in [0.2, 0.25) is 6.41 Å². The summed E-state index contributed by atoms with van der Waals surface area (Å²) in [5, 5.41) is 19.4. The summed E-state index contributed by atoms with van der Waals surface area (Å²) in [6.07, 6.45) is 0.394.